The van der Waals surface area contributed by atoms with E-state index >= 15 is 0 Å². The number of ether oxygens (including phenoxy) is 3. The summed E-state index contributed by atoms with van der Waals surface area (Å²) in [5, 5.41) is 7.12. The first-order valence-electron chi connectivity index (χ1n) is 10.9. The van der Waals surface area contributed by atoms with Crippen molar-refractivity contribution < 1.29 is 42.1 Å². The van der Waals surface area contributed by atoms with Gasteiger partial charge < -0.3 is 24.2 Å². The fraction of sp³-hybridized carbons (Fsp3) is 0.900. The van der Waals surface area contributed by atoms with Gasteiger partial charge in [0.05, 0.1) is 19.3 Å². The molecule has 1 amide bonds. The second kappa shape index (κ2) is 10.9. The summed E-state index contributed by atoms with van der Waals surface area (Å²) >= 11 is 0. The summed E-state index contributed by atoms with van der Waals surface area (Å²) in [5.74, 6) is -1.81. The van der Waals surface area contributed by atoms with E-state index in [0.717, 1.165) is 44.9 Å². The molecule has 4 aliphatic rings. The lowest BCUT2D eigenvalue weighted by atomic mass is 9.96. The van der Waals surface area contributed by atoms with Crippen LogP contribution in [0.3, 0.4) is 0 Å². The molecule has 1 N–H and O–H groups in total. The predicted octanol–water partition coefficient (Wildman–Crippen LogP) is 1.53. The van der Waals surface area contributed by atoms with Gasteiger partial charge in [-0.15, -0.1) is 0 Å². The van der Waals surface area contributed by atoms with Gasteiger partial charge in [0.1, 0.15) is 6.10 Å². The average molecular weight is 452 g/mol. The van der Waals surface area contributed by atoms with E-state index in [2.05, 4.69) is 4.90 Å². The second-order valence-electron chi connectivity index (χ2n) is 8.39. The SMILES string of the molecule is O=C(O)C(F)(F)F.O=C([C@H]1CC[C@@H]2[C@@H](CCN2CC2CCOCC2)O1)N1CCOCC1. The molecule has 4 heterocycles. The standard InChI is InChI=1S/C18H30N2O4.C2HF3O2/c21-18(19-7-11-23-12-8-19)17-2-1-15-16(24-17)3-6-20(15)13-14-4-9-22-10-5-14;3-2(4,5)1(6)7/h14-17H,1-13H2;(H,6,7)/t15-,16-,17-;/m1./s1. The molecule has 0 saturated carbocycles. The molecule has 4 fully saturated rings. The Kier molecular flexibility index (Phi) is 8.54. The molecular formula is C20H31F3N2O6. The van der Waals surface area contributed by atoms with Crippen molar-refractivity contribution >= 4 is 11.9 Å². The maximum Gasteiger partial charge on any atom is 0.490 e. The molecule has 0 aromatic heterocycles. The number of carbonyl (C=O) groups is 2. The maximum atomic E-state index is 12.7. The Morgan fingerprint density at radius 2 is 1.52 bits per heavy atom. The molecule has 4 rings (SSSR count). The number of amides is 1. The number of likely N-dealkylation sites (tertiary alicyclic amines) is 1. The number of carbonyl (C=O) groups excluding carboxylic acids is 1. The monoisotopic (exact) mass is 452 g/mol. The maximum absolute atomic E-state index is 12.7. The van der Waals surface area contributed by atoms with Crippen molar-refractivity contribution in [3.8, 4) is 0 Å². The number of alkyl halides is 3. The highest BCUT2D eigenvalue weighted by Gasteiger charge is 2.43. The van der Waals surface area contributed by atoms with Gasteiger partial charge in [-0.05, 0) is 38.0 Å². The van der Waals surface area contributed by atoms with Crippen molar-refractivity contribution in [2.24, 2.45) is 5.92 Å². The number of halogens is 3. The molecule has 4 aliphatic heterocycles. The molecule has 0 radical (unpaired) electrons. The highest BCUT2D eigenvalue weighted by Crippen LogP contribution is 2.33. The third-order valence-corrected chi connectivity index (χ3v) is 6.34. The predicted molar refractivity (Wildman–Crippen MR) is 103 cm³/mol. The van der Waals surface area contributed by atoms with Crippen molar-refractivity contribution in [1.82, 2.24) is 9.80 Å². The smallest absolute Gasteiger partial charge is 0.475 e. The molecule has 8 nitrogen and oxygen atoms in total. The molecule has 0 aromatic rings. The van der Waals surface area contributed by atoms with Gasteiger partial charge in [-0.2, -0.15) is 13.2 Å². The zero-order valence-corrected chi connectivity index (χ0v) is 17.5. The van der Waals surface area contributed by atoms with E-state index in [1.807, 2.05) is 4.90 Å². The van der Waals surface area contributed by atoms with E-state index in [-0.39, 0.29) is 18.1 Å². The molecule has 3 atom stereocenters. The molecule has 11 heteroatoms. The van der Waals surface area contributed by atoms with Gasteiger partial charge in [-0.1, -0.05) is 0 Å². The molecule has 0 aromatic carbocycles. The number of fused-ring (bicyclic) bond motifs is 1. The van der Waals surface area contributed by atoms with Gasteiger partial charge in [0.15, 0.2) is 0 Å². The number of aliphatic carboxylic acids is 1. The largest absolute Gasteiger partial charge is 0.490 e. The first-order chi connectivity index (χ1) is 14.8. The van der Waals surface area contributed by atoms with Crippen LogP contribution in [-0.2, 0) is 23.8 Å². The molecule has 0 bridgehead atoms. The second-order valence-corrected chi connectivity index (χ2v) is 8.39. The number of morpholine rings is 1. The lowest BCUT2D eigenvalue weighted by Gasteiger charge is -2.39. The number of hydrogen-bond acceptors (Lipinski definition) is 6. The van der Waals surface area contributed by atoms with E-state index < -0.39 is 12.1 Å². The third-order valence-electron chi connectivity index (χ3n) is 6.34. The molecule has 31 heavy (non-hydrogen) atoms. The van der Waals surface area contributed by atoms with E-state index in [4.69, 9.17) is 24.1 Å². The van der Waals surface area contributed by atoms with Gasteiger partial charge in [-0.3, -0.25) is 9.69 Å². The summed E-state index contributed by atoms with van der Waals surface area (Å²) in [6, 6.07) is 0.515. The summed E-state index contributed by atoms with van der Waals surface area (Å²) in [6.07, 6.45) is 0.331. The van der Waals surface area contributed by atoms with Crippen LogP contribution in [-0.4, -0.2) is 104 Å². The zero-order chi connectivity index (χ0) is 22.4. The number of carboxylic acids is 1. The minimum Gasteiger partial charge on any atom is -0.475 e. The summed E-state index contributed by atoms with van der Waals surface area (Å²) < 4.78 is 48.8. The van der Waals surface area contributed by atoms with Crippen LogP contribution in [0.4, 0.5) is 13.2 Å². The average Bonchev–Trinajstić information content (AvgIpc) is 3.16. The van der Waals surface area contributed by atoms with Crippen molar-refractivity contribution in [3.05, 3.63) is 0 Å². The lowest BCUT2D eigenvalue weighted by molar-refractivity contribution is -0.192. The first-order valence-corrected chi connectivity index (χ1v) is 10.9. The Bertz CT molecular complexity index is 608. The van der Waals surface area contributed by atoms with Crippen LogP contribution in [0, 0.1) is 5.92 Å². The molecule has 4 saturated heterocycles. The number of nitrogens with zero attached hydrogens (tertiary/aromatic N) is 2. The van der Waals surface area contributed by atoms with E-state index in [9.17, 15) is 18.0 Å². The summed E-state index contributed by atoms with van der Waals surface area (Å²) in [7, 11) is 0. The Morgan fingerprint density at radius 1 is 0.903 bits per heavy atom. The quantitative estimate of drug-likeness (QED) is 0.695. The number of carboxylic acid groups (broad SMARTS) is 1. The zero-order valence-electron chi connectivity index (χ0n) is 17.5. The van der Waals surface area contributed by atoms with Crippen molar-refractivity contribution in [3.63, 3.8) is 0 Å². The lowest BCUT2D eigenvalue weighted by Crippen LogP contribution is -2.51. The molecule has 0 spiro atoms. The Balaban J connectivity index is 0.000000339. The van der Waals surface area contributed by atoms with E-state index in [1.165, 1.54) is 19.4 Å². The third kappa shape index (κ3) is 6.77. The van der Waals surface area contributed by atoms with Crippen molar-refractivity contribution in [2.75, 3.05) is 52.6 Å². The van der Waals surface area contributed by atoms with Gasteiger partial charge in [0, 0.05) is 45.4 Å². The van der Waals surface area contributed by atoms with Crippen molar-refractivity contribution in [2.45, 2.75) is 56.5 Å². The van der Waals surface area contributed by atoms with E-state index in [1.54, 1.807) is 0 Å². The summed E-state index contributed by atoms with van der Waals surface area (Å²) in [4.78, 5) is 26.1. The number of hydrogen-bond donors (Lipinski definition) is 1. The van der Waals surface area contributed by atoms with Crippen molar-refractivity contribution in [1.29, 1.82) is 0 Å². The van der Waals surface area contributed by atoms with Crippen LogP contribution in [0.2, 0.25) is 0 Å². The Hall–Kier alpha value is -1.43. The van der Waals surface area contributed by atoms with Gasteiger partial charge in [-0.25, -0.2) is 4.79 Å². The van der Waals surface area contributed by atoms with Crippen LogP contribution >= 0.6 is 0 Å². The van der Waals surface area contributed by atoms with Crippen LogP contribution in [0.15, 0.2) is 0 Å². The normalized spacial score (nSPS) is 30.3. The first kappa shape index (κ1) is 24.2. The Labute approximate surface area is 179 Å². The van der Waals surface area contributed by atoms with Crippen LogP contribution in [0.5, 0.6) is 0 Å². The summed E-state index contributed by atoms with van der Waals surface area (Å²) in [6.45, 7) is 6.86. The molecular weight excluding hydrogens is 421 g/mol. The topological polar surface area (TPSA) is 88.5 Å². The summed E-state index contributed by atoms with van der Waals surface area (Å²) in [5.41, 5.74) is 0. The van der Waals surface area contributed by atoms with Crippen LogP contribution in [0.25, 0.3) is 0 Å². The van der Waals surface area contributed by atoms with Gasteiger partial charge in [0.2, 0.25) is 0 Å². The molecule has 0 unspecified atom stereocenters. The van der Waals surface area contributed by atoms with Crippen LogP contribution in [0.1, 0.15) is 32.1 Å². The van der Waals surface area contributed by atoms with Gasteiger partial charge in [0.25, 0.3) is 5.91 Å². The number of rotatable bonds is 3. The Morgan fingerprint density at radius 3 is 2.13 bits per heavy atom. The van der Waals surface area contributed by atoms with Crippen LogP contribution < -0.4 is 0 Å². The minimum absolute atomic E-state index is 0.180. The van der Waals surface area contributed by atoms with E-state index in [0.29, 0.717) is 32.3 Å². The molecule has 0 aliphatic carbocycles. The minimum atomic E-state index is -5.08. The highest BCUT2D eigenvalue weighted by atomic mass is 19.4. The fourth-order valence-corrected chi connectivity index (χ4v) is 4.67. The highest BCUT2D eigenvalue weighted by molar-refractivity contribution is 5.81. The fourth-order valence-electron chi connectivity index (χ4n) is 4.67. The van der Waals surface area contributed by atoms with Gasteiger partial charge >= 0.3 is 12.1 Å². The molecule has 178 valence electrons.